The van der Waals surface area contributed by atoms with Crippen LogP contribution in [0.25, 0.3) is 0 Å². The maximum atomic E-state index is 9.09. The van der Waals surface area contributed by atoms with Gasteiger partial charge >= 0.3 is 0 Å². The SMILES string of the molecule is CC.CC.CCC.CCN(CO)CCCOc1ccc(CN2CCN(N)CC2)cc1. The minimum Gasteiger partial charge on any atom is -0.494 e. The molecule has 3 N–H and O–H groups in total. The molecule has 2 rings (SSSR count). The van der Waals surface area contributed by atoms with Gasteiger partial charge in [-0.05, 0) is 30.7 Å². The van der Waals surface area contributed by atoms with Crippen LogP contribution < -0.4 is 10.6 Å². The van der Waals surface area contributed by atoms with Gasteiger partial charge in [0.25, 0.3) is 0 Å². The molecule has 1 fully saturated rings. The van der Waals surface area contributed by atoms with Crippen LogP contribution in [0.5, 0.6) is 5.75 Å². The summed E-state index contributed by atoms with van der Waals surface area (Å²) in [5.41, 5.74) is 1.31. The van der Waals surface area contributed by atoms with Crippen LogP contribution >= 0.6 is 0 Å². The van der Waals surface area contributed by atoms with Gasteiger partial charge in [0.2, 0.25) is 0 Å². The van der Waals surface area contributed by atoms with Gasteiger partial charge in [-0.1, -0.05) is 67.0 Å². The molecule has 6 heteroatoms. The average Bonchev–Trinajstić information content (AvgIpc) is 2.80. The van der Waals surface area contributed by atoms with Gasteiger partial charge in [0.1, 0.15) is 5.75 Å². The predicted molar refractivity (Wildman–Crippen MR) is 131 cm³/mol. The summed E-state index contributed by atoms with van der Waals surface area (Å²) < 4.78 is 5.76. The first-order valence-electron chi connectivity index (χ1n) is 11.9. The number of aliphatic hydroxyl groups excluding tert-OH is 1. The van der Waals surface area contributed by atoms with Crippen LogP contribution in [0.4, 0.5) is 0 Å². The number of benzene rings is 1. The van der Waals surface area contributed by atoms with Gasteiger partial charge in [-0.2, -0.15) is 0 Å². The summed E-state index contributed by atoms with van der Waals surface area (Å²) in [6.07, 6.45) is 2.17. The van der Waals surface area contributed by atoms with E-state index in [0.717, 1.165) is 58.0 Å². The number of hydrogen-bond acceptors (Lipinski definition) is 6. The van der Waals surface area contributed by atoms with Crippen molar-refractivity contribution in [3.8, 4) is 5.75 Å². The van der Waals surface area contributed by atoms with Gasteiger partial charge in [-0.15, -0.1) is 0 Å². The van der Waals surface area contributed by atoms with Crippen LogP contribution in [0, 0.1) is 0 Å². The molecule has 0 aliphatic carbocycles. The van der Waals surface area contributed by atoms with Crippen molar-refractivity contribution in [3.63, 3.8) is 0 Å². The van der Waals surface area contributed by atoms with Gasteiger partial charge in [-0.3, -0.25) is 15.6 Å². The summed E-state index contributed by atoms with van der Waals surface area (Å²) in [5, 5.41) is 11.0. The fourth-order valence-corrected chi connectivity index (χ4v) is 2.68. The highest BCUT2D eigenvalue weighted by atomic mass is 16.5. The van der Waals surface area contributed by atoms with Gasteiger partial charge < -0.3 is 9.84 Å². The summed E-state index contributed by atoms with van der Waals surface area (Å²) in [7, 11) is 0. The molecule has 0 aromatic heterocycles. The maximum absolute atomic E-state index is 9.09. The Bertz CT molecular complexity index is 445. The quantitative estimate of drug-likeness (QED) is 0.351. The van der Waals surface area contributed by atoms with E-state index in [1.165, 1.54) is 12.0 Å². The summed E-state index contributed by atoms with van der Waals surface area (Å²) in [5.74, 6) is 6.69. The average molecular weight is 427 g/mol. The van der Waals surface area contributed by atoms with E-state index in [1.807, 2.05) is 56.7 Å². The fourth-order valence-electron chi connectivity index (χ4n) is 2.68. The van der Waals surface area contributed by atoms with Crippen molar-refractivity contribution in [2.75, 3.05) is 52.6 Å². The van der Waals surface area contributed by atoms with Gasteiger partial charge in [-0.25, -0.2) is 5.01 Å². The van der Waals surface area contributed by atoms with E-state index in [4.69, 9.17) is 15.7 Å². The van der Waals surface area contributed by atoms with Crippen molar-refractivity contribution in [2.45, 2.75) is 67.9 Å². The van der Waals surface area contributed by atoms with Crippen molar-refractivity contribution in [1.29, 1.82) is 0 Å². The molecular weight excluding hydrogens is 376 g/mol. The Labute approximate surface area is 187 Å². The second kappa shape index (κ2) is 22.5. The third-order valence-corrected chi connectivity index (χ3v) is 4.27. The van der Waals surface area contributed by atoms with E-state index in [-0.39, 0.29) is 6.73 Å². The number of nitrogens with two attached hydrogens (primary N) is 1. The van der Waals surface area contributed by atoms with E-state index in [9.17, 15) is 0 Å². The Morgan fingerprint density at radius 2 is 1.50 bits per heavy atom. The Hall–Kier alpha value is -1.18. The third kappa shape index (κ3) is 15.6. The molecule has 0 atom stereocenters. The maximum Gasteiger partial charge on any atom is 0.119 e. The third-order valence-electron chi connectivity index (χ3n) is 4.27. The van der Waals surface area contributed by atoms with Crippen LogP contribution in [0.15, 0.2) is 24.3 Å². The van der Waals surface area contributed by atoms with Crippen LogP contribution in [-0.2, 0) is 6.54 Å². The van der Waals surface area contributed by atoms with E-state index >= 15 is 0 Å². The number of ether oxygens (including phenoxy) is 1. The molecule has 0 saturated carbocycles. The number of piperazine rings is 1. The van der Waals surface area contributed by atoms with Gasteiger partial charge in [0, 0.05) is 39.3 Å². The molecule has 1 aliphatic heterocycles. The topological polar surface area (TPSA) is 65.2 Å². The van der Waals surface area contributed by atoms with Crippen LogP contribution in [0.2, 0.25) is 0 Å². The van der Waals surface area contributed by atoms with Crippen LogP contribution in [-0.4, -0.2) is 72.5 Å². The Balaban J connectivity index is 0. The standard InChI is InChI=1S/C17H30N4O2.C3H8.2C2H6/c1-2-19(15-22)8-3-13-23-17-6-4-16(5-7-17)14-20-9-11-21(18)12-10-20;1-3-2;2*1-2/h4-7,22H,2-3,8-15,18H2,1H3;3H2,1-2H3;2*1-2H3. The van der Waals surface area contributed by atoms with Gasteiger partial charge in [0.05, 0.1) is 13.3 Å². The molecule has 1 saturated heterocycles. The second-order valence-electron chi connectivity index (χ2n) is 6.72. The lowest BCUT2D eigenvalue weighted by Crippen LogP contribution is -2.48. The lowest BCUT2D eigenvalue weighted by Gasteiger charge is -2.31. The highest BCUT2D eigenvalue weighted by Gasteiger charge is 2.14. The van der Waals surface area contributed by atoms with Crippen molar-refractivity contribution in [2.24, 2.45) is 5.84 Å². The van der Waals surface area contributed by atoms with E-state index in [1.54, 1.807) is 0 Å². The number of hydrogen-bond donors (Lipinski definition) is 2. The van der Waals surface area contributed by atoms with Crippen molar-refractivity contribution < 1.29 is 9.84 Å². The van der Waals surface area contributed by atoms with Crippen molar-refractivity contribution >= 4 is 0 Å². The molecule has 1 heterocycles. The smallest absolute Gasteiger partial charge is 0.119 e. The summed E-state index contributed by atoms with van der Waals surface area (Å²) in [6, 6.07) is 8.35. The molecule has 6 nitrogen and oxygen atoms in total. The summed E-state index contributed by atoms with van der Waals surface area (Å²) in [4.78, 5) is 4.40. The molecule has 0 spiro atoms. The molecule has 178 valence electrons. The molecule has 0 bridgehead atoms. The Morgan fingerprint density at radius 1 is 0.967 bits per heavy atom. The summed E-state index contributed by atoms with van der Waals surface area (Å²) in [6.45, 7) is 21.7. The summed E-state index contributed by atoms with van der Waals surface area (Å²) >= 11 is 0. The van der Waals surface area contributed by atoms with E-state index in [2.05, 4.69) is 30.9 Å². The lowest BCUT2D eigenvalue weighted by molar-refractivity contribution is 0.106. The first-order valence-corrected chi connectivity index (χ1v) is 11.9. The molecule has 0 radical (unpaired) electrons. The molecule has 0 amide bonds. The monoisotopic (exact) mass is 426 g/mol. The largest absolute Gasteiger partial charge is 0.494 e. The van der Waals surface area contributed by atoms with Gasteiger partial charge in [0.15, 0.2) is 0 Å². The van der Waals surface area contributed by atoms with Crippen LogP contribution in [0.1, 0.15) is 66.9 Å². The van der Waals surface area contributed by atoms with Crippen molar-refractivity contribution in [3.05, 3.63) is 29.8 Å². The van der Waals surface area contributed by atoms with Crippen LogP contribution in [0.3, 0.4) is 0 Å². The highest BCUT2D eigenvalue weighted by molar-refractivity contribution is 5.27. The minimum absolute atomic E-state index is 0.115. The second-order valence-corrected chi connectivity index (χ2v) is 6.72. The first kappa shape index (κ1) is 31.0. The predicted octanol–water partition coefficient (Wildman–Crippen LogP) is 4.19. The van der Waals surface area contributed by atoms with E-state index < -0.39 is 0 Å². The Morgan fingerprint density at radius 3 is 1.97 bits per heavy atom. The number of hydrazine groups is 1. The fraction of sp³-hybridized carbons (Fsp3) is 0.750. The molecule has 30 heavy (non-hydrogen) atoms. The number of nitrogens with zero attached hydrogens (tertiary/aromatic N) is 3. The Kier molecular flexibility index (Phi) is 23.3. The zero-order valence-corrected chi connectivity index (χ0v) is 20.9. The molecule has 1 aromatic carbocycles. The number of aliphatic hydroxyl groups is 1. The lowest BCUT2D eigenvalue weighted by atomic mass is 10.2. The first-order chi connectivity index (χ1) is 14.6. The van der Waals surface area contributed by atoms with Crippen molar-refractivity contribution in [1.82, 2.24) is 14.8 Å². The zero-order valence-electron chi connectivity index (χ0n) is 20.9. The molecule has 0 unspecified atom stereocenters. The van der Waals surface area contributed by atoms with E-state index in [0.29, 0.717) is 6.61 Å². The molecule has 1 aliphatic rings. The minimum atomic E-state index is 0.115. The normalized spacial score (nSPS) is 13.9. The number of rotatable bonds is 9. The molecular formula is C24H50N4O2. The molecule has 1 aromatic rings. The highest BCUT2D eigenvalue weighted by Crippen LogP contribution is 2.14. The zero-order chi connectivity index (χ0) is 23.2.